The molecule has 1 aromatic carbocycles. The highest BCUT2D eigenvalue weighted by atomic mass is 32.1. The van der Waals surface area contributed by atoms with E-state index in [1.807, 2.05) is 6.92 Å². The van der Waals surface area contributed by atoms with Gasteiger partial charge in [-0.05, 0) is 38.5 Å². The van der Waals surface area contributed by atoms with Gasteiger partial charge in [-0.3, -0.25) is 5.32 Å². The molecule has 1 fully saturated rings. The molecule has 8 nitrogen and oxygen atoms in total. The Balaban J connectivity index is 1.42. The summed E-state index contributed by atoms with van der Waals surface area (Å²) in [6.07, 6.45) is -0.919. The molecule has 0 aliphatic carbocycles. The number of hydrogen-bond acceptors (Lipinski definition) is 7. The number of anilines is 2. The minimum absolute atomic E-state index is 0.132. The highest BCUT2D eigenvalue weighted by molar-refractivity contribution is 7.22. The van der Waals surface area contributed by atoms with Gasteiger partial charge in [0.05, 0.1) is 16.3 Å². The molecule has 1 aliphatic rings. The Morgan fingerprint density at radius 3 is 2.67 bits per heavy atom. The van der Waals surface area contributed by atoms with E-state index >= 15 is 0 Å². The predicted octanol–water partition coefficient (Wildman–Crippen LogP) is 3.43. The molecule has 4 rings (SSSR count). The Morgan fingerprint density at radius 1 is 1.24 bits per heavy atom. The van der Waals surface area contributed by atoms with Gasteiger partial charge in [-0.15, -0.1) is 0 Å². The Morgan fingerprint density at radius 2 is 2.00 bits per heavy atom. The van der Waals surface area contributed by atoms with Gasteiger partial charge in [0.25, 0.3) is 0 Å². The van der Waals surface area contributed by atoms with Gasteiger partial charge >= 0.3 is 6.03 Å². The van der Waals surface area contributed by atoms with Crippen molar-refractivity contribution in [2.24, 2.45) is 0 Å². The minimum atomic E-state index is -1.22. The van der Waals surface area contributed by atoms with E-state index in [2.05, 4.69) is 15.3 Å². The van der Waals surface area contributed by atoms with E-state index in [-0.39, 0.29) is 29.3 Å². The number of halogens is 2. The lowest BCUT2D eigenvalue weighted by atomic mass is 10.1. The van der Waals surface area contributed by atoms with E-state index in [1.165, 1.54) is 36.6 Å². The van der Waals surface area contributed by atoms with E-state index < -0.39 is 18.0 Å². The number of amides is 2. The molecule has 2 amide bonds. The molecule has 0 unspecified atom stereocenters. The number of nitrogens with zero attached hydrogens (tertiary/aromatic N) is 4. The summed E-state index contributed by atoms with van der Waals surface area (Å²) in [5.41, 5.74) is 1.20. The number of nitrogens with one attached hydrogen (secondary N) is 1. The first-order chi connectivity index (χ1) is 15.6. The molecule has 0 saturated carbocycles. The highest BCUT2D eigenvalue weighted by Gasteiger charge is 2.30. The lowest BCUT2D eigenvalue weighted by Crippen LogP contribution is -2.55. The number of hydrogen-bond donors (Lipinski definition) is 3. The Bertz CT molecular complexity index is 1150. The summed E-state index contributed by atoms with van der Waals surface area (Å²) in [5, 5.41) is 22.6. The molecule has 0 bridgehead atoms. The van der Waals surface area contributed by atoms with Gasteiger partial charge in [0.15, 0.2) is 16.8 Å². The predicted molar refractivity (Wildman–Crippen MR) is 123 cm³/mol. The van der Waals surface area contributed by atoms with Crippen LogP contribution in [0.1, 0.15) is 31.1 Å². The normalized spacial score (nSPS) is 18.5. The second-order valence-corrected chi connectivity index (χ2v) is 9.30. The van der Waals surface area contributed by atoms with Gasteiger partial charge in [0.1, 0.15) is 11.9 Å². The Hall–Kier alpha value is -2.89. The van der Waals surface area contributed by atoms with Crippen LogP contribution in [0.4, 0.5) is 24.5 Å². The average Bonchev–Trinajstić information content (AvgIpc) is 3.14. The summed E-state index contributed by atoms with van der Waals surface area (Å²) >= 11 is 1.27. The number of benzene rings is 1. The largest absolute Gasteiger partial charge is 0.390 e. The minimum Gasteiger partial charge on any atom is -0.390 e. The molecular weight excluding hydrogens is 452 g/mol. The smallest absolute Gasteiger partial charge is 0.323 e. The fraction of sp³-hybridized carbons (Fsp3) is 0.409. The third kappa shape index (κ3) is 4.75. The van der Waals surface area contributed by atoms with Crippen LogP contribution in [0.3, 0.4) is 0 Å². The third-order valence-corrected chi connectivity index (χ3v) is 6.64. The van der Waals surface area contributed by atoms with Crippen LogP contribution in [-0.4, -0.2) is 62.9 Å². The molecule has 3 heterocycles. The maximum Gasteiger partial charge on any atom is 0.323 e. The fourth-order valence-electron chi connectivity index (χ4n) is 3.83. The van der Waals surface area contributed by atoms with Crippen LogP contribution >= 0.6 is 11.3 Å². The van der Waals surface area contributed by atoms with E-state index in [0.29, 0.717) is 35.8 Å². The second-order valence-electron chi connectivity index (χ2n) is 8.27. The van der Waals surface area contributed by atoms with Crippen LogP contribution in [0.25, 0.3) is 10.2 Å². The zero-order chi connectivity index (χ0) is 23.9. The molecule has 176 valence electrons. The number of carbonyl (C=O) groups excluding carboxylic acids is 1. The molecule has 1 saturated heterocycles. The monoisotopic (exact) mass is 477 g/mol. The van der Waals surface area contributed by atoms with Crippen molar-refractivity contribution in [3.8, 4) is 0 Å². The highest BCUT2D eigenvalue weighted by Crippen LogP contribution is 2.29. The lowest BCUT2D eigenvalue weighted by Gasteiger charge is -2.40. The molecule has 1 aliphatic heterocycles. The van der Waals surface area contributed by atoms with Crippen molar-refractivity contribution in [2.75, 3.05) is 29.9 Å². The van der Waals surface area contributed by atoms with Gasteiger partial charge in [-0.2, -0.15) is 0 Å². The zero-order valence-corrected chi connectivity index (χ0v) is 19.2. The van der Waals surface area contributed by atoms with Crippen LogP contribution < -0.4 is 10.2 Å². The van der Waals surface area contributed by atoms with E-state index in [9.17, 15) is 23.8 Å². The molecule has 0 spiro atoms. The van der Waals surface area contributed by atoms with Crippen molar-refractivity contribution in [2.45, 2.75) is 39.0 Å². The van der Waals surface area contributed by atoms with Crippen molar-refractivity contribution >= 4 is 38.5 Å². The number of fused-ring (bicyclic) bond motifs is 1. The van der Waals surface area contributed by atoms with Crippen LogP contribution in [0.5, 0.6) is 0 Å². The summed E-state index contributed by atoms with van der Waals surface area (Å²) in [6.45, 7) is 5.99. The maximum atomic E-state index is 14.7. The Kier molecular flexibility index (Phi) is 6.46. The van der Waals surface area contributed by atoms with E-state index in [0.717, 1.165) is 4.70 Å². The second kappa shape index (κ2) is 9.16. The van der Waals surface area contributed by atoms with Gasteiger partial charge in [-0.1, -0.05) is 11.3 Å². The Labute approximate surface area is 193 Å². The van der Waals surface area contributed by atoms with Crippen molar-refractivity contribution in [1.82, 2.24) is 14.9 Å². The SMILES string of the molecule is Cc1cc2sc(NC(=O)N3CCN(c4ncc([C@H](O)[C@H](C)O)cc4F)[C@H](C)C3)nc2cc1F. The number of aryl methyl sites for hydroxylation is 1. The molecular formula is C22H25F2N5O3S. The number of aromatic nitrogens is 2. The standard InChI is InChI=1S/C22H25F2N5O3S/c1-11-6-18-17(8-15(11)23)26-21(33-18)27-22(32)28-4-5-29(12(2)10-28)20-16(24)7-14(9-25-20)19(31)13(3)30/h6-9,12-13,19,30-31H,4-5,10H2,1-3H3,(H,26,27,32)/t12-,13+,19-/m1/s1. The summed E-state index contributed by atoms with van der Waals surface area (Å²) < 4.78 is 29.3. The zero-order valence-electron chi connectivity index (χ0n) is 18.4. The van der Waals surface area contributed by atoms with Crippen LogP contribution in [0.2, 0.25) is 0 Å². The fourth-order valence-corrected chi connectivity index (χ4v) is 4.76. The maximum absolute atomic E-state index is 14.7. The first kappa shape index (κ1) is 23.3. The van der Waals surface area contributed by atoms with Crippen molar-refractivity contribution in [3.63, 3.8) is 0 Å². The van der Waals surface area contributed by atoms with Crippen molar-refractivity contribution in [1.29, 1.82) is 0 Å². The van der Waals surface area contributed by atoms with Gasteiger partial charge in [-0.25, -0.2) is 23.5 Å². The van der Waals surface area contributed by atoms with Crippen molar-refractivity contribution in [3.05, 3.63) is 47.2 Å². The molecule has 0 radical (unpaired) electrons. The van der Waals surface area contributed by atoms with Crippen LogP contribution in [0, 0.1) is 18.6 Å². The lowest BCUT2D eigenvalue weighted by molar-refractivity contribution is 0.0301. The molecule has 11 heteroatoms. The molecule has 33 heavy (non-hydrogen) atoms. The van der Waals surface area contributed by atoms with Crippen LogP contribution in [0.15, 0.2) is 24.4 Å². The van der Waals surface area contributed by atoms with Gasteiger partial charge in [0, 0.05) is 43.5 Å². The molecule has 3 aromatic rings. The third-order valence-electron chi connectivity index (χ3n) is 5.71. The number of urea groups is 1. The average molecular weight is 478 g/mol. The number of rotatable bonds is 4. The number of pyridine rings is 1. The van der Waals surface area contributed by atoms with Crippen molar-refractivity contribution < 1.29 is 23.8 Å². The molecule has 3 atom stereocenters. The number of thiazole rings is 1. The first-order valence-corrected chi connectivity index (χ1v) is 11.4. The quantitative estimate of drug-likeness (QED) is 0.532. The van der Waals surface area contributed by atoms with E-state index in [1.54, 1.807) is 22.8 Å². The first-order valence-electron chi connectivity index (χ1n) is 10.5. The topological polar surface area (TPSA) is 102 Å². The molecule has 3 N–H and O–H groups in total. The van der Waals surface area contributed by atoms with Crippen LogP contribution in [-0.2, 0) is 0 Å². The van der Waals surface area contributed by atoms with E-state index in [4.69, 9.17) is 0 Å². The number of aliphatic hydroxyl groups excluding tert-OH is 2. The van der Waals surface area contributed by atoms with Gasteiger partial charge < -0.3 is 20.0 Å². The number of aliphatic hydroxyl groups is 2. The number of piperazine rings is 1. The number of carbonyl (C=O) groups is 1. The summed E-state index contributed by atoms with van der Waals surface area (Å²) in [5.74, 6) is -0.813. The molecule has 2 aromatic heterocycles. The van der Waals surface area contributed by atoms with Gasteiger partial charge in [0.2, 0.25) is 0 Å². The summed E-state index contributed by atoms with van der Waals surface area (Å²) in [6, 6.07) is 3.67. The summed E-state index contributed by atoms with van der Waals surface area (Å²) in [4.78, 5) is 24.6. The summed E-state index contributed by atoms with van der Waals surface area (Å²) in [7, 11) is 0.